The van der Waals surface area contributed by atoms with Gasteiger partial charge in [0.1, 0.15) is 18.5 Å². The van der Waals surface area contributed by atoms with Crippen molar-refractivity contribution < 1.29 is 23.9 Å². The van der Waals surface area contributed by atoms with Crippen molar-refractivity contribution in [1.82, 2.24) is 10.6 Å². The number of halogens is 1. The molecule has 1 aromatic rings. The second-order valence-corrected chi connectivity index (χ2v) is 7.03. The lowest BCUT2D eigenvalue weighted by molar-refractivity contribution is -0.109. The van der Waals surface area contributed by atoms with Crippen LogP contribution in [0.5, 0.6) is 0 Å². The van der Waals surface area contributed by atoms with Gasteiger partial charge in [0.2, 0.25) is 0 Å². The highest BCUT2D eigenvalue weighted by Gasteiger charge is 2.19. The van der Waals surface area contributed by atoms with E-state index in [1.165, 1.54) is 0 Å². The van der Waals surface area contributed by atoms with E-state index in [1.54, 1.807) is 45.0 Å². The minimum absolute atomic E-state index is 0.0721. The number of amides is 2. The van der Waals surface area contributed by atoms with Crippen LogP contribution < -0.4 is 10.6 Å². The normalized spacial score (nSPS) is 12.0. The third-order valence-corrected chi connectivity index (χ3v) is 3.51. The SMILES string of the molecule is CC(C)(C)OC(=O)N[C@H](C=O)CCCNC(=O)OCc1ccccc1Cl. The topological polar surface area (TPSA) is 93.7 Å². The molecule has 0 aliphatic carbocycles. The third-order valence-electron chi connectivity index (χ3n) is 3.14. The van der Waals surface area contributed by atoms with Crippen LogP contribution in [0.2, 0.25) is 5.02 Å². The molecule has 0 aromatic heterocycles. The van der Waals surface area contributed by atoms with E-state index in [0.717, 1.165) is 0 Å². The van der Waals surface area contributed by atoms with Crippen molar-refractivity contribution >= 4 is 30.1 Å². The minimum atomic E-state index is -0.675. The summed E-state index contributed by atoms with van der Waals surface area (Å²) in [5, 5.41) is 5.59. The lowest BCUT2D eigenvalue weighted by Gasteiger charge is -2.21. The summed E-state index contributed by atoms with van der Waals surface area (Å²) >= 11 is 5.98. The number of benzene rings is 1. The van der Waals surface area contributed by atoms with Gasteiger partial charge in [-0.3, -0.25) is 0 Å². The summed E-state index contributed by atoms with van der Waals surface area (Å²) in [7, 11) is 0. The Morgan fingerprint density at radius 1 is 1.23 bits per heavy atom. The monoisotopic (exact) mass is 384 g/mol. The van der Waals surface area contributed by atoms with Crippen LogP contribution in [0.25, 0.3) is 0 Å². The van der Waals surface area contributed by atoms with Gasteiger partial charge in [0, 0.05) is 17.1 Å². The number of nitrogens with one attached hydrogen (secondary N) is 2. The molecular weight excluding hydrogens is 360 g/mol. The van der Waals surface area contributed by atoms with Gasteiger partial charge in [-0.1, -0.05) is 29.8 Å². The van der Waals surface area contributed by atoms with Gasteiger partial charge >= 0.3 is 12.2 Å². The predicted octanol–water partition coefficient (Wildman–Crippen LogP) is 3.44. The van der Waals surface area contributed by atoms with Gasteiger partial charge in [-0.2, -0.15) is 0 Å². The van der Waals surface area contributed by atoms with Crippen LogP contribution in [0.15, 0.2) is 24.3 Å². The molecule has 0 aliphatic heterocycles. The van der Waals surface area contributed by atoms with Crippen LogP contribution in [0, 0.1) is 0 Å². The van der Waals surface area contributed by atoms with Gasteiger partial charge < -0.3 is 24.9 Å². The molecule has 0 fully saturated rings. The molecule has 144 valence electrons. The standard InChI is InChI=1S/C18H25ClN2O5/c1-18(2,3)26-17(24)21-14(11-22)8-6-10-20-16(23)25-12-13-7-4-5-9-15(13)19/h4-5,7,9,11,14H,6,8,10,12H2,1-3H3,(H,20,23)(H,21,24)/t14-/m0/s1. The summed E-state index contributed by atoms with van der Waals surface area (Å²) in [6.07, 6.45) is 0.266. The Morgan fingerprint density at radius 2 is 1.92 bits per heavy atom. The van der Waals surface area contributed by atoms with Gasteiger partial charge in [0.05, 0.1) is 6.04 Å². The van der Waals surface area contributed by atoms with Crippen molar-refractivity contribution in [3.05, 3.63) is 34.9 Å². The van der Waals surface area contributed by atoms with Gasteiger partial charge in [0.15, 0.2) is 0 Å². The van der Waals surface area contributed by atoms with Crippen LogP contribution in [-0.2, 0) is 20.9 Å². The molecule has 7 nitrogen and oxygen atoms in total. The fourth-order valence-electron chi connectivity index (χ4n) is 1.96. The molecule has 1 atom stereocenters. The number of rotatable bonds is 8. The second kappa shape index (κ2) is 10.7. The smallest absolute Gasteiger partial charge is 0.408 e. The molecule has 26 heavy (non-hydrogen) atoms. The average molecular weight is 385 g/mol. The van der Waals surface area contributed by atoms with E-state index in [2.05, 4.69) is 10.6 Å². The van der Waals surface area contributed by atoms with Crippen molar-refractivity contribution in [3.8, 4) is 0 Å². The molecule has 0 bridgehead atoms. The Kier molecular flexibility index (Phi) is 8.92. The maximum atomic E-state index is 11.6. The van der Waals surface area contributed by atoms with Crippen LogP contribution in [0.1, 0.15) is 39.2 Å². The van der Waals surface area contributed by atoms with Gasteiger partial charge in [0.25, 0.3) is 0 Å². The Morgan fingerprint density at radius 3 is 2.54 bits per heavy atom. The largest absolute Gasteiger partial charge is 0.445 e. The summed E-state index contributed by atoms with van der Waals surface area (Å²) in [5.41, 5.74) is 0.0803. The number of carbonyl (C=O) groups is 3. The number of ether oxygens (including phenoxy) is 2. The quantitative estimate of drug-likeness (QED) is 0.529. The summed E-state index contributed by atoms with van der Waals surface area (Å²) in [5.74, 6) is 0. The summed E-state index contributed by atoms with van der Waals surface area (Å²) < 4.78 is 10.2. The molecular formula is C18H25ClN2O5. The molecule has 0 aliphatic rings. The molecule has 0 saturated carbocycles. The Bertz CT molecular complexity index is 616. The highest BCUT2D eigenvalue weighted by atomic mass is 35.5. The van der Waals surface area contributed by atoms with E-state index >= 15 is 0 Å². The Labute approximate surface area is 158 Å². The van der Waals surface area contributed by atoms with E-state index in [0.29, 0.717) is 36.3 Å². The predicted molar refractivity (Wildman–Crippen MR) is 98.1 cm³/mol. The highest BCUT2D eigenvalue weighted by Crippen LogP contribution is 2.15. The Hall–Kier alpha value is -2.28. The molecule has 2 N–H and O–H groups in total. The van der Waals surface area contributed by atoms with E-state index in [9.17, 15) is 14.4 Å². The van der Waals surface area contributed by atoms with Crippen LogP contribution in [0.3, 0.4) is 0 Å². The summed E-state index contributed by atoms with van der Waals surface area (Å²) in [6.45, 7) is 5.59. The zero-order chi connectivity index (χ0) is 19.6. The van der Waals surface area contributed by atoms with E-state index in [1.807, 2.05) is 0 Å². The van der Waals surface area contributed by atoms with Crippen molar-refractivity contribution in [1.29, 1.82) is 0 Å². The first-order chi connectivity index (χ1) is 12.2. The van der Waals surface area contributed by atoms with E-state index in [4.69, 9.17) is 21.1 Å². The highest BCUT2D eigenvalue weighted by molar-refractivity contribution is 6.31. The number of hydrogen-bond donors (Lipinski definition) is 2. The zero-order valence-corrected chi connectivity index (χ0v) is 16.0. The van der Waals surface area contributed by atoms with Crippen LogP contribution >= 0.6 is 11.6 Å². The third kappa shape index (κ3) is 9.27. The zero-order valence-electron chi connectivity index (χ0n) is 15.2. The van der Waals surface area contributed by atoms with Crippen LogP contribution in [-0.4, -0.2) is 36.7 Å². The first kappa shape index (κ1) is 21.8. The lowest BCUT2D eigenvalue weighted by Crippen LogP contribution is -2.40. The molecule has 8 heteroatoms. The van der Waals surface area contributed by atoms with E-state index in [-0.39, 0.29) is 6.61 Å². The van der Waals surface area contributed by atoms with E-state index < -0.39 is 23.8 Å². The molecule has 1 rings (SSSR count). The average Bonchev–Trinajstić information content (AvgIpc) is 2.55. The molecule has 0 radical (unpaired) electrons. The maximum Gasteiger partial charge on any atom is 0.408 e. The first-order valence-electron chi connectivity index (χ1n) is 8.30. The number of carbonyl (C=O) groups excluding carboxylic acids is 3. The fraction of sp³-hybridized carbons (Fsp3) is 0.500. The second-order valence-electron chi connectivity index (χ2n) is 6.63. The number of alkyl carbamates (subject to hydrolysis) is 2. The first-order valence-corrected chi connectivity index (χ1v) is 8.68. The van der Waals surface area contributed by atoms with Gasteiger partial charge in [-0.15, -0.1) is 0 Å². The molecule has 0 saturated heterocycles. The molecule has 2 amide bonds. The molecule has 1 aromatic carbocycles. The van der Waals surface area contributed by atoms with Crippen LogP contribution in [0.4, 0.5) is 9.59 Å². The summed E-state index contributed by atoms with van der Waals surface area (Å²) in [6, 6.07) is 6.41. The fourth-order valence-corrected chi connectivity index (χ4v) is 2.15. The van der Waals surface area contributed by atoms with Crippen molar-refractivity contribution in [2.75, 3.05) is 6.54 Å². The number of hydrogen-bond acceptors (Lipinski definition) is 5. The van der Waals surface area contributed by atoms with Crippen molar-refractivity contribution in [2.45, 2.75) is 51.9 Å². The lowest BCUT2D eigenvalue weighted by atomic mass is 10.2. The Balaban J connectivity index is 2.23. The molecule has 0 spiro atoms. The van der Waals surface area contributed by atoms with Crippen molar-refractivity contribution in [3.63, 3.8) is 0 Å². The minimum Gasteiger partial charge on any atom is -0.445 e. The number of aldehydes is 1. The van der Waals surface area contributed by atoms with Crippen molar-refractivity contribution in [2.24, 2.45) is 0 Å². The van der Waals surface area contributed by atoms with Gasteiger partial charge in [-0.05, 0) is 39.7 Å². The summed E-state index contributed by atoms with van der Waals surface area (Å²) in [4.78, 5) is 34.3. The molecule has 0 unspecified atom stereocenters. The van der Waals surface area contributed by atoms with Gasteiger partial charge in [-0.25, -0.2) is 9.59 Å². The maximum absolute atomic E-state index is 11.6. The molecule has 0 heterocycles.